The van der Waals surface area contributed by atoms with Gasteiger partial charge in [0, 0.05) is 11.8 Å². The first-order chi connectivity index (χ1) is 8.68. The number of para-hydroxylation sites is 2. The number of nitrogens with zero attached hydrogens (tertiary/aromatic N) is 1. The maximum atomic E-state index is 11.9. The number of nitro benzene ring substituents is 1. The topological polar surface area (TPSA) is 104 Å². The molecule has 0 bridgehead atoms. The molecule has 2 aromatic rings. The highest BCUT2D eigenvalue weighted by Gasteiger charge is 2.18. The molecule has 98 valence electrons. The first-order valence-electron chi connectivity index (χ1n) is 5.28. The van der Waals surface area contributed by atoms with E-state index in [9.17, 15) is 14.9 Å². The quantitative estimate of drug-likeness (QED) is 0.674. The zero-order valence-corrected chi connectivity index (χ0v) is 9.87. The Kier molecular flexibility index (Phi) is 4.73. The molecule has 0 aliphatic carbocycles. The zero-order valence-electron chi connectivity index (χ0n) is 9.87. The van der Waals surface area contributed by atoms with Gasteiger partial charge in [0.25, 0.3) is 11.6 Å². The molecule has 0 fully saturated rings. The number of rotatable bonds is 3. The molecule has 2 aromatic carbocycles. The highest BCUT2D eigenvalue weighted by molar-refractivity contribution is 6.06. The van der Waals surface area contributed by atoms with Gasteiger partial charge in [-0.2, -0.15) is 0 Å². The van der Waals surface area contributed by atoms with Crippen molar-refractivity contribution in [2.45, 2.75) is 0 Å². The molecule has 0 radical (unpaired) electrons. The molecule has 3 N–H and O–H groups in total. The van der Waals surface area contributed by atoms with Gasteiger partial charge in [-0.15, -0.1) is 0 Å². The van der Waals surface area contributed by atoms with Crippen LogP contribution >= 0.6 is 0 Å². The van der Waals surface area contributed by atoms with Crippen molar-refractivity contribution in [3.05, 3.63) is 70.3 Å². The minimum atomic E-state index is -0.570. The number of benzene rings is 2. The lowest BCUT2D eigenvalue weighted by molar-refractivity contribution is -0.385. The molecule has 19 heavy (non-hydrogen) atoms. The van der Waals surface area contributed by atoms with Gasteiger partial charge in [0.05, 0.1) is 4.92 Å². The van der Waals surface area contributed by atoms with Gasteiger partial charge >= 0.3 is 0 Å². The van der Waals surface area contributed by atoms with Crippen molar-refractivity contribution < 1.29 is 15.2 Å². The van der Waals surface area contributed by atoms with Crippen LogP contribution in [0.1, 0.15) is 10.4 Å². The summed E-state index contributed by atoms with van der Waals surface area (Å²) in [7, 11) is 0. The van der Waals surface area contributed by atoms with Gasteiger partial charge in [0.1, 0.15) is 5.56 Å². The van der Waals surface area contributed by atoms with E-state index in [4.69, 9.17) is 0 Å². The molecule has 0 atom stereocenters. The summed E-state index contributed by atoms with van der Waals surface area (Å²) in [6.45, 7) is 0. The Hall–Kier alpha value is -2.73. The summed E-state index contributed by atoms with van der Waals surface area (Å²) in [5.41, 5.74) is 0.443. The molecule has 0 heterocycles. The van der Waals surface area contributed by atoms with Crippen molar-refractivity contribution in [1.29, 1.82) is 0 Å². The Balaban J connectivity index is 0.00000180. The Morgan fingerprint density at radius 3 is 2.21 bits per heavy atom. The molecule has 0 unspecified atom stereocenters. The van der Waals surface area contributed by atoms with Crippen LogP contribution in [0.3, 0.4) is 0 Å². The monoisotopic (exact) mass is 260 g/mol. The average Bonchev–Trinajstić information content (AvgIpc) is 2.40. The summed E-state index contributed by atoms with van der Waals surface area (Å²) in [4.78, 5) is 22.2. The van der Waals surface area contributed by atoms with Crippen molar-refractivity contribution >= 4 is 17.3 Å². The van der Waals surface area contributed by atoms with E-state index >= 15 is 0 Å². The van der Waals surface area contributed by atoms with E-state index in [1.54, 1.807) is 30.3 Å². The predicted molar refractivity (Wildman–Crippen MR) is 71.1 cm³/mol. The Bertz CT molecular complexity index is 584. The van der Waals surface area contributed by atoms with Gasteiger partial charge in [-0.25, -0.2) is 0 Å². The maximum absolute atomic E-state index is 11.9. The number of amides is 1. The third-order valence-corrected chi connectivity index (χ3v) is 2.38. The van der Waals surface area contributed by atoms with Crippen molar-refractivity contribution in [2.75, 3.05) is 5.32 Å². The smallest absolute Gasteiger partial charge is 0.282 e. The molecule has 0 aromatic heterocycles. The number of hydrogen-bond donors (Lipinski definition) is 1. The fraction of sp³-hybridized carbons (Fsp3) is 0. The van der Waals surface area contributed by atoms with Crippen LogP contribution < -0.4 is 5.32 Å². The highest BCUT2D eigenvalue weighted by Crippen LogP contribution is 2.19. The predicted octanol–water partition coefficient (Wildman–Crippen LogP) is 2.02. The number of carbonyl (C=O) groups excluding carboxylic acids is 1. The summed E-state index contributed by atoms with van der Waals surface area (Å²) < 4.78 is 0. The van der Waals surface area contributed by atoms with E-state index in [1.165, 1.54) is 18.2 Å². The molecule has 1 amide bonds. The summed E-state index contributed by atoms with van der Waals surface area (Å²) in [6.07, 6.45) is 0. The van der Waals surface area contributed by atoms with Crippen LogP contribution in [0.2, 0.25) is 0 Å². The summed E-state index contributed by atoms with van der Waals surface area (Å²) in [5.74, 6) is -0.492. The number of nitro groups is 1. The Morgan fingerprint density at radius 1 is 1.00 bits per heavy atom. The van der Waals surface area contributed by atoms with Gasteiger partial charge in [-0.3, -0.25) is 14.9 Å². The second-order valence-electron chi connectivity index (χ2n) is 3.59. The number of hydrogen-bond acceptors (Lipinski definition) is 3. The first kappa shape index (κ1) is 14.3. The fourth-order valence-corrected chi connectivity index (χ4v) is 1.54. The van der Waals surface area contributed by atoms with Crippen molar-refractivity contribution in [1.82, 2.24) is 0 Å². The molecule has 6 nitrogen and oxygen atoms in total. The zero-order chi connectivity index (χ0) is 13.0. The first-order valence-corrected chi connectivity index (χ1v) is 5.28. The second-order valence-corrected chi connectivity index (χ2v) is 3.59. The van der Waals surface area contributed by atoms with E-state index in [-0.39, 0.29) is 16.7 Å². The van der Waals surface area contributed by atoms with Crippen LogP contribution in [-0.4, -0.2) is 16.3 Å². The van der Waals surface area contributed by atoms with Crippen LogP contribution in [-0.2, 0) is 0 Å². The van der Waals surface area contributed by atoms with Gasteiger partial charge in [0.15, 0.2) is 0 Å². The number of carbonyl (C=O) groups is 1. The van der Waals surface area contributed by atoms with Crippen molar-refractivity contribution in [3.8, 4) is 0 Å². The van der Waals surface area contributed by atoms with E-state index in [0.717, 1.165) is 0 Å². The van der Waals surface area contributed by atoms with Crippen LogP contribution in [0.4, 0.5) is 11.4 Å². The highest BCUT2D eigenvalue weighted by atomic mass is 16.6. The van der Waals surface area contributed by atoms with Crippen LogP contribution in [0.5, 0.6) is 0 Å². The molecule has 0 spiro atoms. The molecular formula is C13H12N2O4. The standard InChI is InChI=1S/C13H10N2O3.H2O/c16-13(14-10-6-2-1-3-7-10)11-8-4-5-9-12(11)15(17)18;/h1-9H,(H,14,16);1H2. The normalized spacial score (nSPS) is 9.26. The van der Waals surface area contributed by atoms with Crippen molar-refractivity contribution in [3.63, 3.8) is 0 Å². The second kappa shape index (κ2) is 6.27. The summed E-state index contributed by atoms with van der Waals surface area (Å²) in [6, 6.07) is 14.6. The van der Waals surface area contributed by atoms with E-state index in [2.05, 4.69) is 5.32 Å². The van der Waals surface area contributed by atoms with E-state index < -0.39 is 10.8 Å². The van der Waals surface area contributed by atoms with E-state index in [1.807, 2.05) is 6.07 Å². The lowest BCUT2D eigenvalue weighted by atomic mass is 10.1. The minimum absolute atomic E-state index is 0. The molecule has 6 heteroatoms. The SMILES string of the molecule is O.O=C(Nc1ccccc1)c1ccccc1[N+](=O)[O-]. The van der Waals surface area contributed by atoms with Crippen molar-refractivity contribution in [2.24, 2.45) is 0 Å². The van der Waals surface area contributed by atoms with Gasteiger partial charge in [0.2, 0.25) is 0 Å². The third kappa shape index (κ3) is 3.36. The molecule has 2 rings (SSSR count). The lowest BCUT2D eigenvalue weighted by Crippen LogP contribution is -2.13. The van der Waals surface area contributed by atoms with E-state index in [0.29, 0.717) is 5.69 Å². The maximum Gasteiger partial charge on any atom is 0.282 e. The Labute approximate surface area is 109 Å². The molecule has 0 aliphatic rings. The fourth-order valence-electron chi connectivity index (χ4n) is 1.54. The van der Waals surface area contributed by atoms with Crippen LogP contribution in [0, 0.1) is 10.1 Å². The third-order valence-electron chi connectivity index (χ3n) is 2.38. The average molecular weight is 260 g/mol. The molecular weight excluding hydrogens is 248 g/mol. The molecule has 0 saturated carbocycles. The Morgan fingerprint density at radius 2 is 1.58 bits per heavy atom. The van der Waals surface area contributed by atoms with Gasteiger partial charge < -0.3 is 10.8 Å². The van der Waals surface area contributed by atoms with Crippen LogP contribution in [0.25, 0.3) is 0 Å². The summed E-state index contributed by atoms with van der Waals surface area (Å²) >= 11 is 0. The minimum Gasteiger partial charge on any atom is -0.412 e. The lowest BCUT2D eigenvalue weighted by Gasteiger charge is -2.05. The van der Waals surface area contributed by atoms with Gasteiger partial charge in [-0.05, 0) is 18.2 Å². The van der Waals surface area contributed by atoms with Gasteiger partial charge in [-0.1, -0.05) is 30.3 Å². The number of nitrogens with one attached hydrogen (secondary N) is 1. The number of anilines is 1. The molecule has 0 aliphatic heterocycles. The molecule has 0 saturated heterocycles. The van der Waals surface area contributed by atoms with Crippen LogP contribution in [0.15, 0.2) is 54.6 Å². The largest absolute Gasteiger partial charge is 0.412 e. The summed E-state index contributed by atoms with van der Waals surface area (Å²) in [5, 5.41) is 13.4.